The van der Waals surface area contributed by atoms with Crippen molar-refractivity contribution in [3.05, 3.63) is 65.4 Å². The SMILES string of the molecule is CS(=O)(=O)C1=NSC2=NC(=O)C(=Cc3cn(Cc4ccc5c(c4)OCO5)c4ccccc34)C(=N)N21. The number of carbonyl (C=O) groups is 1. The number of fused-ring (bicyclic) bond motifs is 3. The second kappa shape index (κ2) is 7.82. The van der Waals surface area contributed by atoms with E-state index in [-0.39, 0.29) is 28.5 Å². The number of nitrogens with one attached hydrogen (secondary N) is 1. The molecule has 6 rings (SSSR count). The summed E-state index contributed by atoms with van der Waals surface area (Å²) in [6.07, 6.45) is 4.48. The normalized spacial score (nSPS) is 18.3. The van der Waals surface area contributed by atoms with Crippen LogP contribution in [-0.4, -0.2) is 53.0 Å². The minimum absolute atomic E-state index is 0.0152. The third-order valence-electron chi connectivity index (χ3n) is 5.74. The van der Waals surface area contributed by atoms with Crippen molar-refractivity contribution < 1.29 is 22.7 Å². The van der Waals surface area contributed by atoms with E-state index >= 15 is 0 Å². The Bertz CT molecular complexity index is 1650. The third-order valence-corrected chi connectivity index (χ3v) is 7.49. The van der Waals surface area contributed by atoms with E-state index in [2.05, 4.69) is 9.39 Å². The fraction of sp³-hybridized carbons (Fsp3) is 0.130. The maximum atomic E-state index is 12.8. The number of carbonyl (C=O) groups excluding carboxylic acids is 1. The minimum Gasteiger partial charge on any atom is -0.454 e. The van der Waals surface area contributed by atoms with Crippen molar-refractivity contribution in [3.63, 3.8) is 0 Å². The molecule has 4 heterocycles. The van der Waals surface area contributed by atoms with Gasteiger partial charge >= 0.3 is 0 Å². The van der Waals surface area contributed by atoms with E-state index in [1.165, 1.54) is 0 Å². The van der Waals surface area contributed by atoms with E-state index in [9.17, 15) is 13.2 Å². The number of aromatic nitrogens is 1. The number of nitrogens with zero attached hydrogens (tertiary/aromatic N) is 4. The Labute approximate surface area is 204 Å². The first-order valence-electron chi connectivity index (χ1n) is 10.4. The number of sulfone groups is 1. The standard InChI is InChI=1S/C23H17N5O5S2/c1-35(30,31)23-26-34-22-25-21(29)16(20(24)28(22)23)9-14-11-27(17-5-3-2-4-15(14)17)10-13-6-7-18-19(8-13)33-12-32-18/h2-9,11,24H,10,12H2,1H3. The van der Waals surface area contributed by atoms with Gasteiger partial charge in [-0.25, -0.2) is 13.3 Å². The van der Waals surface area contributed by atoms with Gasteiger partial charge in [0.15, 0.2) is 11.5 Å². The molecule has 12 heteroatoms. The van der Waals surface area contributed by atoms with E-state index in [1.54, 1.807) is 6.08 Å². The fourth-order valence-corrected chi connectivity index (χ4v) is 6.00. The highest BCUT2D eigenvalue weighted by molar-refractivity contribution is 8.16. The minimum atomic E-state index is -3.72. The highest BCUT2D eigenvalue weighted by Gasteiger charge is 2.41. The van der Waals surface area contributed by atoms with Gasteiger partial charge in [-0.05, 0) is 29.8 Å². The van der Waals surface area contributed by atoms with Gasteiger partial charge in [-0.1, -0.05) is 24.3 Å². The van der Waals surface area contributed by atoms with E-state index in [1.807, 2.05) is 53.2 Å². The fourth-order valence-electron chi connectivity index (χ4n) is 4.15. The molecule has 0 bridgehead atoms. The molecule has 2 aromatic carbocycles. The zero-order chi connectivity index (χ0) is 24.3. The van der Waals surface area contributed by atoms with Gasteiger partial charge in [-0.2, -0.15) is 9.39 Å². The Morgan fingerprint density at radius 1 is 1.17 bits per heavy atom. The molecule has 0 saturated carbocycles. The van der Waals surface area contributed by atoms with Crippen molar-refractivity contribution in [2.24, 2.45) is 9.39 Å². The molecule has 0 radical (unpaired) electrons. The average molecular weight is 508 g/mol. The monoisotopic (exact) mass is 507 g/mol. The van der Waals surface area contributed by atoms with Gasteiger partial charge in [-0.3, -0.25) is 10.2 Å². The maximum Gasteiger partial charge on any atom is 0.283 e. The third kappa shape index (κ3) is 3.61. The van der Waals surface area contributed by atoms with Crippen molar-refractivity contribution in [1.29, 1.82) is 5.41 Å². The van der Waals surface area contributed by atoms with Crippen LogP contribution in [0.15, 0.2) is 63.6 Å². The summed E-state index contributed by atoms with van der Waals surface area (Å²) in [5.74, 6) is 0.513. The summed E-state index contributed by atoms with van der Waals surface area (Å²) in [5, 5.41) is 9.22. The molecule has 0 fully saturated rings. The summed E-state index contributed by atoms with van der Waals surface area (Å²) < 4.78 is 41.1. The zero-order valence-corrected chi connectivity index (χ0v) is 19.9. The molecule has 3 aliphatic heterocycles. The van der Waals surface area contributed by atoms with Crippen LogP contribution in [0.3, 0.4) is 0 Å². The number of amides is 1. The summed E-state index contributed by atoms with van der Waals surface area (Å²) >= 11 is 0.766. The van der Waals surface area contributed by atoms with Gasteiger partial charge in [0.05, 0.1) is 17.5 Å². The second-order valence-electron chi connectivity index (χ2n) is 8.10. The molecule has 1 amide bonds. The molecule has 1 aromatic heterocycles. The van der Waals surface area contributed by atoms with Gasteiger partial charge in [0.25, 0.3) is 5.91 Å². The number of hydrogen-bond donors (Lipinski definition) is 1. The quantitative estimate of drug-likeness (QED) is 0.426. The van der Waals surface area contributed by atoms with E-state index < -0.39 is 15.7 Å². The predicted molar refractivity (Wildman–Crippen MR) is 133 cm³/mol. The molecule has 0 aliphatic carbocycles. The van der Waals surface area contributed by atoms with Crippen LogP contribution < -0.4 is 9.47 Å². The van der Waals surface area contributed by atoms with Gasteiger partial charge in [-0.15, -0.1) is 0 Å². The Kier molecular flexibility index (Phi) is 4.83. The molecular weight excluding hydrogens is 490 g/mol. The molecule has 3 aromatic rings. The van der Waals surface area contributed by atoms with Crippen LogP contribution >= 0.6 is 11.9 Å². The van der Waals surface area contributed by atoms with Gasteiger partial charge in [0, 0.05) is 35.5 Å². The summed E-state index contributed by atoms with van der Waals surface area (Å²) in [5.41, 5.74) is 2.63. The summed E-state index contributed by atoms with van der Waals surface area (Å²) in [7, 11) is -3.72. The van der Waals surface area contributed by atoms with Crippen LogP contribution in [-0.2, 0) is 21.2 Å². The van der Waals surface area contributed by atoms with Crippen molar-refractivity contribution >= 4 is 60.8 Å². The molecule has 176 valence electrons. The number of aliphatic imine (C=N–C) groups is 1. The number of benzene rings is 2. The Morgan fingerprint density at radius 3 is 2.80 bits per heavy atom. The smallest absolute Gasteiger partial charge is 0.283 e. The molecule has 0 atom stereocenters. The Balaban J connectivity index is 1.41. The lowest BCUT2D eigenvalue weighted by Gasteiger charge is -2.23. The van der Waals surface area contributed by atoms with Gasteiger partial charge < -0.3 is 14.0 Å². The van der Waals surface area contributed by atoms with E-state index in [4.69, 9.17) is 14.9 Å². The summed E-state index contributed by atoms with van der Waals surface area (Å²) in [6, 6.07) is 13.5. The molecule has 3 aliphatic rings. The van der Waals surface area contributed by atoms with Crippen LogP contribution in [0.5, 0.6) is 11.5 Å². The summed E-state index contributed by atoms with van der Waals surface area (Å²) in [6.45, 7) is 0.746. The highest BCUT2D eigenvalue weighted by atomic mass is 32.2. The molecule has 10 nitrogen and oxygen atoms in total. The van der Waals surface area contributed by atoms with Crippen LogP contribution in [0.25, 0.3) is 17.0 Å². The highest BCUT2D eigenvalue weighted by Crippen LogP contribution is 2.34. The molecule has 35 heavy (non-hydrogen) atoms. The maximum absolute atomic E-state index is 12.8. The molecule has 0 unspecified atom stereocenters. The molecule has 0 saturated heterocycles. The van der Waals surface area contributed by atoms with Crippen LogP contribution in [0.2, 0.25) is 0 Å². The summed E-state index contributed by atoms with van der Waals surface area (Å²) in [4.78, 5) is 17.8. The lowest BCUT2D eigenvalue weighted by atomic mass is 10.1. The Morgan fingerprint density at radius 2 is 1.97 bits per heavy atom. The number of rotatable bonds is 3. The first kappa shape index (κ1) is 21.6. The molecule has 1 N–H and O–H groups in total. The lowest BCUT2D eigenvalue weighted by Crippen LogP contribution is -2.45. The number of ether oxygens (including phenoxy) is 2. The van der Waals surface area contributed by atoms with E-state index in [0.717, 1.165) is 39.6 Å². The largest absolute Gasteiger partial charge is 0.454 e. The second-order valence-corrected chi connectivity index (χ2v) is 10.7. The van der Waals surface area contributed by atoms with Crippen LogP contribution in [0.4, 0.5) is 0 Å². The van der Waals surface area contributed by atoms with Gasteiger partial charge in [0.1, 0.15) is 5.84 Å². The van der Waals surface area contributed by atoms with Gasteiger partial charge in [0.2, 0.25) is 27.0 Å². The number of para-hydroxylation sites is 1. The Hall–Kier alpha value is -3.90. The average Bonchev–Trinajstić information content (AvgIpc) is 3.54. The van der Waals surface area contributed by atoms with Crippen LogP contribution in [0.1, 0.15) is 11.1 Å². The first-order chi connectivity index (χ1) is 16.8. The molecule has 0 spiro atoms. The van der Waals surface area contributed by atoms with Crippen molar-refractivity contribution in [3.8, 4) is 11.5 Å². The number of amidine groups is 3. The lowest BCUT2D eigenvalue weighted by molar-refractivity contribution is -0.114. The van der Waals surface area contributed by atoms with Crippen LogP contribution in [0, 0.1) is 5.41 Å². The van der Waals surface area contributed by atoms with Crippen molar-refractivity contribution in [1.82, 2.24) is 9.47 Å². The first-order valence-corrected chi connectivity index (χ1v) is 13.1. The van der Waals surface area contributed by atoms with Crippen molar-refractivity contribution in [2.75, 3.05) is 13.0 Å². The van der Waals surface area contributed by atoms with E-state index in [0.29, 0.717) is 23.6 Å². The topological polar surface area (TPSA) is 126 Å². The zero-order valence-electron chi connectivity index (χ0n) is 18.3. The molecular formula is C23H17N5O5S2. The number of hydrogen-bond acceptors (Lipinski definition) is 8. The predicted octanol–water partition coefficient (Wildman–Crippen LogP) is 3.04. The van der Waals surface area contributed by atoms with Crippen molar-refractivity contribution in [2.45, 2.75) is 6.54 Å².